The van der Waals surface area contributed by atoms with Gasteiger partial charge in [-0.3, -0.25) is 9.36 Å². The smallest absolute Gasteiger partial charge is 0.250 e. The van der Waals surface area contributed by atoms with Crippen molar-refractivity contribution in [1.29, 1.82) is 0 Å². The number of rotatable bonds is 10. The van der Waals surface area contributed by atoms with Crippen molar-refractivity contribution in [2.75, 3.05) is 27.1 Å². The van der Waals surface area contributed by atoms with E-state index < -0.39 is 0 Å². The van der Waals surface area contributed by atoms with E-state index in [1.54, 1.807) is 27.5 Å². The molecule has 39 heavy (non-hydrogen) atoms. The van der Waals surface area contributed by atoms with Crippen LogP contribution in [0.4, 0.5) is 0 Å². The van der Waals surface area contributed by atoms with E-state index in [-0.39, 0.29) is 11.7 Å². The molecule has 2 heterocycles. The molecule has 5 rings (SSSR count). The third-order valence-electron chi connectivity index (χ3n) is 5.92. The normalized spacial score (nSPS) is 11.2. The van der Waals surface area contributed by atoms with E-state index in [2.05, 4.69) is 25.7 Å². The van der Waals surface area contributed by atoms with Crippen molar-refractivity contribution in [1.82, 2.24) is 25.2 Å². The summed E-state index contributed by atoms with van der Waals surface area (Å²) in [6.07, 6.45) is 3.47. The van der Waals surface area contributed by atoms with Gasteiger partial charge >= 0.3 is 0 Å². The Kier molecular flexibility index (Phi) is 7.78. The molecule has 2 N–H and O–H groups in total. The number of hydrogen-bond acceptors (Lipinski definition) is 8. The molecule has 0 saturated carbocycles. The van der Waals surface area contributed by atoms with Gasteiger partial charge in [-0.25, -0.2) is 5.43 Å². The highest BCUT2D eigenvalue weighted by atomic mass is 32.2. The number of aromatic amines is 1. The summed E-state index contributed by atoms with van der Waals surface area (Å²) in [6.45, 7) is 0. The van der Waals surface area contributed by atoms with Gasteiger partial charge in [0.15, 0.2) is 22.5 Å². The first-order valence-corrected chi connectivity index (χ1v) is 12.9. The molecule has 0 aliphatic carbocycles. The van der Waals surface area contributed by atoms with Crippen molar-refractivity contribution in [2.24, 2.45) is 5.10 Å². The average Bonchev–Trinajstić information content (AvgIpc) is 3.60. The largest absolute Gasteiger partial charge is 0.493 e. The van der Waals surface area contributed by atoms with E-state index in [4.69, 9.17) is 14.2 Å². The van der Waals surface area contributed by atoms with Crippen molar-refractivity contribution in [3.05, 3.63) is 78.5 Å². The summed E-state index contributed by atoms with van der Waals surface area (Å²) in [5.41, 5.74) is 6.03. The molecule has 0 saturated heterocycles. The number of hydrazone groups is 1. The highest BCUT2D eigenvalue weighted by molar-refractivity contribution is 7.99. The van der Waals surface area contributed by atoms with E-state index in [1.807, 2.05) is 77.5 Å². The van der Waals surface area contributed by atoms with Gasteiger partial charge in [0.05, 0.1) is 33.3 Å². The lowest BCUT2D eigenvalue weighted by atomic mass is 10.1. The molecular formula is C28H26N6O4S. The minimum atomic E-state index is -0.270. The molecule has 0 spiro atoms. The molecule has 0 atom stereocenters. The number of fused-ring (bicyclic) bond motifs is 1. The first-order valence-electron chi connectivity index (χ1n) is 11.9. The fourth-order valence-corrected chi connectivity index (χ4v) is 4.85. The molecule has 0 bridgehead atoms. The summed E-state index contributed by atoms with van der Waals surface area (Å²) in [5, 5.41) is 14.5. The molecule has 198 valence electrons. The van der Waals surface area contributed by atoms with Crippen LogP contribution in [0.3, 0.4) is 0 Å². The van der Waals surface area contributed by atoms with Gasteiger partial charge in [0.25, 0.3) is 5.91 Å². The number of benzene rings is 3. The zero-order valence-corrected chi connectivity index (χ0v) is 22.4. The summed E-state index contributed by atoms with van der Waals surface area (Å²) in [5.74, 6) is 1.85. The molecular weight excluding hydrogens is 516 g/mol. The second-order valence-corrected chi connectivity index (χ2v) is 9.21. The molecule has 0 unspecified atom stereocenters. The Hall–Kier alpha value is -4.77. The van der Waals surface area contributed by atoms with Crippen LogP contribution in [0.25, 0.3) is 28.0 Å². The van der Waals surface area contributed by atoms with Gasteiger partial charge in [-0.2, -0.15) is 5.10 Å². The number of aromatic nitrogens is 4. The Morgan fingerprint density at radius 2 is 1.72 bits per heavy atom. The minimum absolute atomic E-state index is 0.0887. The molecule has 1 amide bonds. The molecule has 0 aliphatic heterocycles. The van der Waals surface area contributed by atoms with E-state index in [1.165, 1.54) is 11.8 Å². The Morgan fingerprint density at radius 3 is 2.44 bits per heavy atom. The van der Waals surface area contributed by atoms with Gasteiger partial charge in [0, 0.05) is 33.9 Å². The number of nitrogens with one attached hydrogen (secondary N) is 2. The van der Waals surface area contributed by atoms with Gasteiger partial charge in [0.1, 0.15) is 0 Å². The van der Waals surface area contributed by atoms with Crippen LogP contribution in [0.15, 0.2) is 83.2 Å². The Morgan fingerprint density at radius 1 is 1.00 bits per heavy atom. The third kappa shape index (κ3) is 5.43. The lowest BCUT2D eigenvalue weighted by Gasteiger charge is -2.15. The maximum Gasteiger partial charge on any atom is 0.250 e. The van der Waals surface area contributed by atoms with Gasteiger partial charge in [0.2, 0.25) is 5.75 Å². The molecule has 2 aromatic heterocycles. The fraction of sp³-hybridized carbons (Fsp3) is 0.143. The van der Waals surface area contributed by atoms with Crippen LogP contribution in [0.2, 0.25) is 0 Å². The van der Waals surface area contributed by atoms with Crippen molar-refractivity contribution >= 4 is 34.8 Å². The number of H-pyrrole nitrogens is 1. The molecule has 0 radical (unpaired) electrons. The number of thioether (sulfide) groups is 1. The SMILES string of the molecule is COc1cc(-c2nnc(SCC(=O)NN=Cc3c[nH]c4ccccc34)n2-c2ccccc2)cc(OC)c1OC. The van der Waals surface area contributed by atoms with Crippen LogP contribution < -0.4 is 19.6 Å². The number of nitrogens with zero attached hydrogens (tertiary/aromatic N) is 4. The molecule has 0 aliphatic rings. The lowest BCUT2D eigenvalue weighted by molar-refractivity contribution is -0.118. The van der Waals surface area contributed by atoms with Crippen LogP contribution >= 0.6 is 11.8 Å². The maximum atomic E-state index is 12.6. The van der Waals surface area contributed by atoms with Crippen molar-refractivity contribution < 1.29 is 19.0 Å². The zero-order chi connectivity index (χ0) is 27.2. The second-order valence-electron chi connectivity index (χ2n) is 8.26. The fourth-order valence-electron chi connectivity index (χ4n) is 4.11. The summed E-state index contributed by atoms with van der Waals surface area (Å²) in [6, 6.07) is 21.2. The average molecular weight is 543 g/mol. The van der Waals surface area contributed by atoms with Crippen molar-refractivity contribution in [3.8, 4) is 34.3 Å². The highest BCUT2D eigenvalue weighted by Crippen LogP contribution is 2.41. The molecule has 0 fully saturated rings. The summed E-state index contributed by atoms with van der Waals surface area (Å²) in [7, 11) is 4.67. The number of amides is 1. The number of para-hydroxylation sites is 2. The monoisotopic (exact) mass is 542 g/mol. The van der Waals surface area contributed by atoms with E-state index >= 15 is 0 Å². The molecule has 3 aromatic carbocycles. The van der Waals surface area contributed by atoms with Crippen LogP contribution in [0, 0.1) is 0 Å². The number of ether oxygens (including phenoxy) is 3. The quantitative estimate of drug-likeness (QED) is 0.150. The topological polar surface area (TPSA) is 116 Å². The molecule has 11 heteroatoms. The highest BCUT2D eigenvalue weighted by Gasteiger charge is 2.21. The van der Waals surface area contributed by atoms with Gasteiger partial charge < -0.3 is 19.2 Å². The minimum Gasteiger partial charge on any atom is -0.493 e. The number of carbonyl (C=O) groups is 1. The van der Waals surface area contributed by atoms with Crippen LogP contribution in [0.1, 0.15) is 5.56 Å². The molecule has 10 nitrogen and oxygen atoms in total. The van der Waals surface area contributed by atoms with Crippen molar-refractivity contribution in [2.45, 2.75) is 5.16 Å². The van der Waals surface area contributed by atoms with Crippen LogP contribution in [0.5, 0.6) is 17.2 Å². The van der Waals surface area contributed by atoms with Crippen LogP contribution in [-0.2, 0) is 4.79 Å². The number of carbonyl (C=O) groups excluding carboxylic acids is 1. The Bertz CT molecular complexity index is 1600. The Balaban J connectivity index is 1.38. The van der Waals surface area contributed by atoms with E-state index in [9.17, 15) is 4.79 Å². The van der Waals surface area contributed by atoms with Crippen molar-refractivity contribution in [3.63, 3.8) is 0 Å². The second kappa shape index (κ2) is 11.7. The standard InChI is InChI=1S/C28H26N6O4S/c1-36-23-13-18(14-24(37-2)26(23)38-3)27-32-33-28(34(27)20-9-5-4-6-10-20)39-17-25(35)31-30-16-19-15-29-22-12-8-7-11-21(19)22/h4-16,29H,17H2,1-3H3,(H,31,35). The summed E-state index contributed by atoms with van der Waals surface area (Å²) >= 11 is 1.25. The first-order chi connectivity index (χ1) is 19.1. The van der Waals surface area contributed by atoms with E-state index in [0.29, 0.717) is 33.8 Å². The predicted octanol–water partition coefficient (Wildman–Crippen LogP) is 4.68. The number of methoxy groups -OCH3 is 3. The maximum absolute atomic E-state index is 12.6. The van der Waals surface area contributed by atoms with Crippen LogP contribution in [-0.4, -0.2) is 59.0 Å². The number of hydrogen-bond donors (Lipinski definition) is 2. The third-order valence-corrected chi connectivity index (χ3v) is 6.85. The summed E-state index contributed by atoms with van der Waals surface area (Å²) in [4.78, 5) is 15.8. The van der Waals surface area contributed by atoms with Gasteiger partial charge in [-0.15, -0.1) is 10.2 Å². The Labute approximate surface area is 229 Å². The lowest BCUT2D eigenvalue weighted by Crippen LogP contribution is -2.20. The van der Waals surface area contributed by atoms with Gasteiger partial charge in [-0.1, -0.05) is 48.2 Å². The molecule has 5 aromatic rings. The summed E-state index contributed by atoms with van der Waals surface area (Å²) < 4.78 is 18.4. The predicted molar refractivity (Wildman–Crippen MR) is 151 cm³/mol. The first kappa shape index (κ1) is 25.9. The van der Waals surface area contributed by atoms with E-state index in [0.717, 1.165) is 22.2 Å². The zero-order valence-electron chi connectivity index (χ0n) is 21.5. The van der Waals surface area contributed by atoms with Gasteiger partial charge in [-0.05, 0) is 30.3 Å².